The zero-order valence-electron chi connectivity index (χ0n) is 7.24. The summed E-state index contributed by atoms with van der Waals surface area (Å²) in [6.45, 7) is 2.18. The zero-order valence-corrected chi connectivity index (χ0v) is 7.24. The van der Waals surface area contributed by atoms with Crippen LogP contribution in [0.2, 0.25) is 0 Å². The molecule has 1 aromatic heterocycles. The van der Waals surface area contributed by atoms with Crippen molar-refractivity contribution in [2.75, 3.05) is 0 Å². The van der Waals surface area contributed by atoms with E-state index in [4.69, 9.17) is 5.11 Å². The molecule has 1 aromatic rings. The van der Waals surface area contributed by atoms with Gasteiger partial charge >= 0.3 is 5.97 Å². The van der Waals surface area contributed by atoms with Gasteiger partial charge in [0.05, 0.1) is 0 Å². The molecule has 2 aliphatic carbocycles. The summed E-state index contributed by atoms with van der Waals surface area (Å²) in [6.07, 6.45) is 0.988. The second-order valence-electron chi connectivity index (χ2n) is 4.02. The molecule has 1 saturated carbocycles. The Labute approximate surface area is 75.0 Å². The number of hydrogen-bond donors (Lipinski definition) is 2. The molecule has 0 saturated heterocycles. The third-order valence-corrected chi connectivity index (χ3v) is 3.42. The second kappa shape index (κ2) is 1.95. The predicted octanol–water partition coefficient (Wildman–Crippen LogP) is 1.01. The topological polar surface area (TPSA) is 66.0 Å². The molecule has 0 spiro atoms. The van der Waals surface area contributed by atoms with Crippen molar-refractivity contribution in [3.8, 4) is 0 Å². The molecule has 1 fully saturated rings. The Morgan fingerprint density at radius 2 is 2.46 bits per heavy atom. The Balaban J connectivity index is 2.12. The van der Waals surface area contributed by atoms with Crippen molar-refractivity contribution in [3.63, 3.8) is 0 Å². The van der Waals surface area contributed by atoms with Crippen LogP contribution < -0.4 is 0 Å². The fourth-order valence-corrected chi connectivity index (χ4v) is 2.64. The van der Waals surface area contributed by atoms with E-state index in [0.29, 0.717) is 17.8 Å². The number of H-pyrrole nitrogens is 1. The van der Waals surface area contributed by atoms with E-state index >= 15 is 0 Å². The standard InChI is InChI=1S/C9H10N2O2/c1-3-4-2-5-7(6(3)4)8(9(12)13)11-10-5/h3-4,6H,2H2,1H3,(H,10,11)(H,12,13)/t3-,4+,6-/m0/s1. The van der Waals surface area contributed by atoms with Gasteiger partial charge in [-0.05, 0) is 24.2 Å². The lowest BCUT2D eigenvalue weighted by Crippen LogP contribution is -2.00. The normalized spacial score (nSPS) is 34.1. The summed E-state index contributed by atoms with van der Waals surface area (Å²) >= 11 is 0. The fraction of sp³-hybridized carbons (Fsp3) is 0.556. The first-order chi connectivity index (χ1) is 6.20. The highest BCUT2D eigenvalue weighted by atomic mass is 16.4. The molecule has 1 heterocycles. The van der Waals surface area contributed by atoms with Crippen molar-refractivity contribution in [1.29, 1.82) is 0 Å². The fourth-order valence-electron chi connectivity index (χ4n) is 2.64. The molecule has 0 bridgehead atoms. The van der Waals surface area contributed by atoms with Gasteiger partial charge in [-0.15, -0.1) is 0 Å². The van der Waals surface area contributed by atoms with Crippen molar-refractivity contribution in [2.45, 2.75) is 19.3 Å². The molecule has 4 heteroatoms. The van der Waals surface area contributed by atoms with Crippen molar-refractivity contribution < 1.29 is 9.90 Å². The van der Waals surface area contributed by atoms with Crippen LogP contribution >= 0.6 is 0 Å². The van der Waals surface area contributed by atoms with E-state index in [0.717, 1.165) is 17.7 Å². The molecule has 0 unspecified atom stereocenters. The lowest BCUT2D eigenvalue weighted by atomic mass is 10.1. The van der Waals surface area contributed by atoms with Crippen LogP contribution in [-0.4, -0.2) is 21.3 Å². The van der Waals surface area contributed by atoms with Crippen molar-refractivity contribution >= 4 is 5.97 Å². The minimum atomic E-state index is -0.905. The Bertz CT molecular complexity index is 396. The Kier molecular flexibility index (Phi) is 1.07. The maximum absolute atomic E-state index is 10.8. The van der Waals surface area contributed by atoms with Gasteiger partial charge in [0.15, 0.2) is 5.69 Å². The van der Waals surface area contributed by atoms with E-state index in [2.05, 4.69) is 17.1 Å². The molecule has 3 rings (SSSR count). The number of carboxylic acid groups (broad SMARTS) is 1. The van der Waals surface area contributed by atoms with E-state index in [1.54, 1.807) is 0 Å². The average Bonchev–Trinajstić information content (AvgIpc) is 2.50. The number of aromatic amines is 1. The van der Waals surface area contributed by atoms with Crippen molar-refractivity contribution in [2.24, 2.45) is 11.8 Å². The molecule has 68 valence electrons. The quantitative estimate of drug-likeness (QED) is 0.674. The minimum Gasteiger partial charge on any atom is -0.476 e. The lowest BCUT2D eigenvalue weighted by Gasteiger charge is -1.96. The predicted molar refractivity (Wildman–Crippen MR) is 44.6 cm³/mol. The molecule has 0 aromatic carbocycles. The van der Waals surface area contributed by atoms with Crippen molar-refractivity contribution in [3.05, 3.63) is 17.0 Å². The van der Waals surface area contributed by atoms with Gasteiger partial charge in [0, 0.05) is 11.3 Å². The molecule has 0 radical (unpaired) electrons. The van der Waals surface area contributed by atoms with Crippen LogP contribution in [0.15, 0.2) is 0 Å². The summed E-state index contributed by atoms with van der Waals surface area (Å²) < 4.78 is 0. The van der Waals surface area contributed by atoms with Crippen LogP contribution in [-0.2, 0) is 6.42 Å². The van der Waals surface area contributed by atoms with Crippen LogP contribution in [0.1, 0.15) is 34.6 Å². The molecule has 13 heavy (non-hydrogen) atoms. The number of aromatic nitrogens is 2. The van der Waals surface area contributed by atoms with E-state index in [-0.39, 0.29) is 5.69 Å². The highest BCUT2D eigenvalue weighted by molar-refractivity contribution is 5.88. The third-order valence-electron chi connectivity index (χ3n) is 3.42. The molecule has 0 aliphatic heterocycles. The highest BCUT2D eigenvalue weighted by Crippen LogP contribution is 2.61. The number of rotatable bonds is 1. The molecule has 3 atom stereocenters. The Morgan fingerprint density at radius 3 is 3.15 bits per heavy atom. The Hall–Kier alpha value is -1.32. The SMILES string of the molecule is C[C@H]1[C@H]2Cc3[nH]nc(C(=O)O)c3[C@@H]12. The van der Waals surface area contributed by atoms with Gasteiger partial charge in [0.25, 0.3) is 0 Å². The lowest BCUT2D eigenvalue weighted by molar-refractivity contribution is 0.0689. The largest absolute Gasteiger partial charge is 0.476 e. The number of carbonyl (C=O) groups is 1. The molecular weight excluding hydrogens is 168 g/mol. The van der Waals surface area contributed by atoms with E-state index in [1.165, 1.54) is 0 Å². The molecule has 2 aliphatic rings. The number of fused-ring (bicyclic) bond motifs is 3. The van der Waals surface area contributed by atoms with Gasteiger partial charge in [-0.1, -0.05) is 6.92 Å². The summed E-state index contributed by atoms with van der Waals surface area (Å²) in [4.78, 5) is 10.8. The maximum Gasteiger partial charge on any atom is 0.356 e. The van der Waals surface area contributed by atoms with Crippen LogP contribution in [0.5, 0.6) is 0 Å². The van der Waals surface area contributed by atoms with Crippen LogP contribution in [0, 0.1) is 11.8 Å². The van der Waals surface area contributed by atoms with Crippen LogP contribution in [0.4, 0.5) is 0 Å². The summed E-state index contributed by atoms with van der Waals surface area (Å²) in [6, 6.07) is 0. The second-order valence-corrected chi connectivity index (χ2v) is 4.02. The van der Waals surface area contributed by atoms with Gasteiger partial charge in [-0.3, -0.25) is 5.10 Å². The summed E-state index contributed by atoms with van der Waals surface area (Å²) in [5, 5.41) is 15.5. The summed E-state index contributed by atoms with van der Waals surface area (Å²) in [5.41, 5.74) is 2.27. The number of carboxylic acids is 1. The highest BCUT2D eigenvalue weighted by Gasteiger charge is 2.55. The van der Waals surface area contributed by atoms with Crippen LogP contribution in [0.25, 0.3) is 0 Å². The average molecular weight is 178 g/mol. The molecule has 2 N–H and O–H groups in total. The van der Waals surface area contributed by atoms with E-state index in [9.17, 15) is 4.79 Å². The molecular formula is C9H10N2O2. The van der Waals surface area contributed by atoms with E-state index in [1.807, 2.05) is 0 Å². The summed E-state index contributed by atoms with van der Waals surface area (Å²) in [5.74, 6) is 0.905. The van der Waals surface area contributed by atoms with Crippen LogP contribution in [0.3, 0.4) is 0 Å². The van der Waals surface area contributed by atoms with Gasteiger partial charge in [0.2, 0.25) is 0 Å². The smallest absolute Gasteiger partial charge is 0.356 e. The molecule has 0 amide bonds. The first-order valence-electron chi connectivity index (χ1n) is 4.50. The number of aromatic carboxylic acids is 1. The maximum atomic E-state index is 10.8. The third kappa shape index (κ3) is 0.709. The van der Waals surface area contributed by atoms with Gasteiger partial charge in [0.1, 0.15) is 0 Å². The van der Waals surface area contributed by atoms with Gasteiger partial charge in [-0.25, -0.2) is 4.79 Å². The van der Waals surface area contributed by atoms with E-state index < -0.39 is 5.97 Å². The first-order valence-corrected chi connectivity index (χ1v) is 4.50. The van der Waals surface area contributed by atoms with Gasteiger partial charge < -0.3 is 5.11 Å². The molecule has 4 nitrogen and oxygen atoms in total. The zero-order chi connectivity index (χ0) is 9.16. The minimum absolute atomic E-state index is 0.242. The number of nitrogens with zero attached hydrogens (tertiary/aromatic N) is 1. The number of nitrogens with one attached hydrogen (secondary N) is 1. The Morgan fingerprint density at radius 1 is 1.69 bits per heavy atom. The monoisotopic (exact) mass is 178 g/mol. The first kappa shape index (κ1) is 7.12. The van der Waals surface area contributed by atoms with Crippen molar-refractivity contribution in [1.82, 2.24) is 10.2 Å². The number of hydrogen-bond acceptors (Lipinski definition) is 2. The summed E-state index contributed by atoms with van der Waals surface area (Å²) in [7, 11) is 0. The van der Waals surface area contributed by atoms with Gasteiger partial charge in [-0.2, -0.15) is 5.10 Å².